The second-order valence-electron chi connectivity index (χ2n) is 8.41. The van der Waals surface area contributed by atoms with Gasteiger partial charge in [-0.1, -0.05) is 86.8 Å². The van der Waals surface area contributed by atoms with Crippen LogP contribution in [0.2, 0.25) is 0 Å². The zero-order chi connectivity index (χ0) is 20.6. The minimum atomic E-state index is 0.206. The Kier molecular flexibility index (Phi) is 6.10. The molecule has 28 heavy (non-hydrogen) atoms. The molecule has 0 atom stereocenters. The van der Waals surface area contributed by atoms with Crippen molar-refractivity contribution < 1.29 is 0 Å². The highest BCUT2D eigenvalue weighted by molar-refractivity contribution is 7.95. The number of hydrogen-bond donors (Lipinski definition) is 0. The SMILES string of the molecule is Cc1cc(C)c(B(c2ccccc2[S+](C)C)c2c(C)cc(C)cc2C)c(C)c1. The van der Waals surface area contributed by atoms with Crippen LogP contribution in [0.15, 0.2) is 53.4 Å². The lowest BCUT2D eigenvalue weighted by Gasteiger charge is -2.25. The molecule has 0 aliphatic rings. The highest BCUT2D eigenvalue weighted by Crippen LogP contribution is 2.15. The second-order valence-corrected chi connectivity index (χ2v) is 10.5. The third kappa shape index (κ3) is 3.94. The third-order valence-electron chi connectivity index (χ3n) is 5.72. The summed E-state index contributed by atoms with van der Waals surface area (Å²) in [4.78, 5) is 1.48. The monoisotopic (exact) mass is 387 g/mol. The Morgan fingerprint density at radius 1 is 0.607 bits per heavy atom. The Morgan fingerprint density at radius 3 is 1.39 bits per heavy atom. The molecule has 0 radical (unpaired) electrons. The van der Waals surface area contributed by atoms with Crippen LogP contribution < -0.4 is 16.4 Å². The van der Waals surface area contributed by atoms with Crippen LogP contribution in [0.4, 0.5) is 0 Å². The molecule has 0 N–H and O–H groups in total. The lowest BCUT2D eigenvalue weighted by molar-refractivity contribution is 1.33. The van der Waals surface area contributed by atoms with Crippen molar-refractivity contribution >= 4 is 34.0 Å². The van der Waals surface area contributed by atoms with Crippen LogP contribution >= 0.6 is 0 Å². The van der Waals surface area contributed by atoms with E-state index >= 15 is 0 Å². The summed E-state index contributed by atoms with van der Waals surface area (Å²) in [5, 5.41) is 0. The van der Waals surface area contributed by atoms with Gasteiger partial charge in [-0.3, -0.25) is 0 Å². The maximum Gasteiger partial charge on any atom is 0.249 e. The van der Waals surface area contributed by atoms with Crippen LogP contribution in [-0.4, -0.2) is 19.2 Å². The molecule has 144 valence electrons. The summed E-state index contributed by atoms with van der Waals surface area (Å²) in [5.41, 5.74) is 12.7. The van der Waals surface area contributed by atoms with Gasteiger partial charge in [0.2, 0.25) is 6.71 Å². The van der Waals surface area contributed by atoms with Gasteiger partial charge in [-0.15, -0.1) is 0 Å². The second kappa shape index (κ2) is 8.21. The van der Waals surface area contributed by atoms with Crippen LogP contribution in [0, 0.1) is 41.5 Å². The van der Waals surface area contributed by atoms with Crippen LogP contribution in [0.5, 0.6) is 0 Å². The minimum Gasteiger partial charge on any atom is -0.0626 e. The summed E-state index contributed by atoms with van der Waals surface area (Å²) in [6, 6.07) is 18.4. The summed E-state index contributed by atoms with van der Waals surface area (Å²) < 4.78 is 0. The van der Waals surface area contributed by atoms with Crippen molar-refractivity contribution in [3.05, 3.63) is 81.9 Å². The highest BCUT2D eigenvalue weighted by Gasteiger charge is 2.32. The Morgan fingerprint density at radius 2 is 1.00 bits per heavy atom. The molecule has 0 aliphatic carbocycles. The Hall–Kier alpha value is -1.93. The predicted octanol–water partition coefficient (Wildman–Crippen LogP) is 4.29. The fourth-order valence-corrected chi connectivity index (χ4v) is 5.85. The number of benzene rings is 3. The largest absolute Gasteiger partial charge is 0.249 e. The first kappa shape index (κ1) is 20.8. The van der Waals surface area contributed by atoms with Gasteiger partial charge in [-0.05, 0) is 53.1 Å². The Bertz CT molecular complexity index is 913. The fraction of sp³-hybridized carbons (Fsp3) is 0.308. The maximum absolute atomic E-state index is 2.35. The average molecular weight is 387 g/mol. The van der Waals surface area contributed by atoms with Gasteiger partial charge < -0.3 is 0 Å². The predicted molar refractivity (Wildman–Crippen MR) is 130 cm³/mol. The Labute approximate surface area is 174 Å². The van der Waals surface area contributed by atoms with E-state index in [4.69, 9.17) is 0 Å². The van der Waals surface area contributed by atoms with Gasteiger partial charge in [0, 0.05) is 10.9 Å². The van der Waals surface area contributed by atoms with E-state index in [0.29, 0.717) is 0 Å². The molecule has 0 nitrogen and oxygen atoms in total. The standard InChI is InChI=1S/C26H32BS/c1-17-13-19(3)25(20(4)14-17)27(23-11-9-10-12-24(23)28(7)8)26-21(5)15-18(2)16-22(26)6/h9-16H,1-8H3/q+1. The first-order valence-corrected chi connectivity index (χ1v) is 12.1. The molecule has 0 spiro atoms. The van der Waals surface area contributed by atoms with Crippen molar-refractivity contribution in [1.82, 2.24) is 0 Å². The molecule has 0 unspecified atom stereocenters. The van der Waals surface area contributed by atoms with Crippen molar-refractivity contribution in [3.63, 3.8) is 0 Å². The lowest BCUT2D eigenvalue weighted by atomic mass is 9.34. The molecule has 3 aromatic carbocycles. The van der Waals surface area contributed by atoms with Crippen molar-refractivity contribution in [1.29, 1.82) is 0 Å². The quantitative estimate of drug-likeness (QED) is 0.463. The molecule has 2 heteroatoms. The summed E-state index contributed by atoms with van der Waals surface area (Å²) in [5.74, 6) is 0. The topological polar surface area (TPSA) is 0 Å². The molecular weight excluding hydrogens is 355 g/mol. The molecule has 0 saturated heterocycles. The van der Waals surface area contributed by atoms with E-state index in [1.165, 1.54) is 54.7 Å². The third-order valence-corrected chi connectivity index (χ3v) is 6.97. The van der Waals surface area contributed by atoms with Gasteiger partial charge in [0.1, 0.15) is 17.4 Å². The van der Waals surface area contributed by atoms with Crippen LogP contribution in [0.25, 0.3) is 0 Å². The van der Waals surface area contributed by atoms with E-state index in [-0.39, 0.29) is 17.6 Å². The lowest BCUT2D eigenvalue weighted by Crippen LogP contribution is -2.57. The summed E-state index contributed by atoms with van der Waals surface area (Å²) in [6.45, 7) is 13.8. The van der Waals surface area contributed by atoms with Crippen LogP contribution in [-0.2, 0) is 10.9 Å². The molecule has 0 amide bonds. The maximum atomic E-state index is 2.35. The zero-order valence-corrected chi connectivity index (χ0v) is 19.4. The smallest absolute Gasteiger partial charge is 0.0626 e. The molecule has 0 saturated carbocycles. The van der Waals surface area contributed by atoms with E-state index < -0.39 is 0 Å². The van der Waals surface area contributed by atoms with Gasteiger partial charge in [0.25, 0.3) is 0 Å². The number of hydrogen-bond acceptors (Lipinski definition) is 0. The Balaban J connectivity index is 2.41. The van der Waals surface area contributed by atoms with Crippen LogP contribution in [0.1, 0.15) is 33.4 Å². The minimum absolute atomic E-state index is 0.206. The van der Waals surface area contributed by atoms with Crippen molar-refractivity contribution in [3.8, 4) is 0 Å². The molecular formula is C26H32BS+. The summed E-state index contributed by atoms with van der Waals surface area (Å²) in [7, 11) is 0.206. The molecule has 0 aliphatic heterocycles. The van der Waals surface area contributed by atoms with Crippen molar-refractivity contribution in [2.24, 2.45) is 0 Å². The van der Waals surface area contributed by atoms with Gasteiger partial charge >= 0.3 is 0 Å². The molecule has 0 bridgehead atoms. The zero-order valence-electron chi connectivity index (χ0n) is 18.6. The van der Waals surface area contributed by atoms with E-state index in [2.05, 4.69) is 103 Å². The highest BCUT2D eigenvalue weighted by atomic mass is 32.2. The van der Waals surface area contributed by atoms with E-state index in [0.717, 1.165) is 0 Å². The van der Waals surface area contributed by atoms with Crippen LogP contribution in [0.3, 0.4) is 0 Å². The molecule has 0 fully saturated rings. The average Bonchev–Trinajstić information content (AvgIpc) is 2.58. The van der Waals surface area contributed by atoms with Crippen molar-refractivity contribution in [2.75, 3.05) is 12.5 Å². The van der Waals surface area contributed by atoms with Gasteiger partial charge in [0.15, 0.2) is 0 Å². The summed E-state index contributed by atoms with van der Waals surface area (Å²) >= 11 is 0. The van der Waals surface area contributed by atoms with Gasteiger partial charge in [-0.2, -0.15) is 0 Å². The van der Waals surface area contributed by atoms with Gasteiger partial charge in [-0.25, -0.2) is 0 Å². The molecule has 3 aromatic rings. The normalized spacial score (nSPS) is 11.2. The first-order valence-electron chi connectivity index (χ1n) is 10.0. The fourth-order valence-electron chi connectivity index (χ4n) is 4.84. The number of aryl methyl sites for hydroxylation is 6. The van der Waals surface area contributed by atoms with Gasteiger partial charge in [0.05, 0.1) is 0 Å². The summed E-state index contributed by atoms with van der Waals surface area (Å²) in [6.07, 6.45) is 4.67. The first-order chi connectivity index (χ1) is 13.2. The van der Waals surface area contributed by atoms with E-state index in [1.54, 1.807) is 0 Å². The molecule has 3 rings (SSSR count). The van der Waals surface area contributed by atoms with E-state index in [9.17, 15) is 0 Å². The molecule has 0 heterocycles. The van der Waals surface area contributed by atoms with Crippen molar-refractivity contribution in [2.45, 2.75) is 46.4 Å². The molecule has 0 aromatic heterocycles. The van der Waals surface area contributed by atoms with E-state index in [1.807, 2.05) is 0 Å². The number of rotatable bonds is 4.